The zero-order chi connectivity index (χ0) is 10.4. The molecule has 0 heterocycles. The lowest BCUT2D eigenvalue weighted by Crippen LogP contribution is -1.94. The molecule has 0 aromatic heterocycles. The van der Waals surface area contributed by atoms with E-state index in [0.717, 1.165) is 17.7 Å². The van der Waals surface area contributed by atoms with Crippen molar-refractivity contribution in [3.63, 3.8) is 0 Å². The molecule has 2 N–H and O–H groups in total. The summed E-state index contributed by atoms with van der Waals surface area (Å²) in [6, 6.07) is 6.08. The van der Waals surface area contributed by atoms with E-state index in [1.54, 1.807) is 7.11 Å². The van der Waals surface area contributed by atoms with Crippen molar-refractivity contribution in [2.24, 2.45) is 5.73 Å². The minimum Gasteiger partial charge on any atom is -0.496 e. The summed E-state index contributed by atoms with van der Waals surface area (Å²) in [5.41, 5.74) is 7.61. The second kappa shape index (κ2) is 5.31. The third-order valence-corrected chi connectivity index (χ3v) is 1.98. The summed E-state index contributed by atoms with van der Waals surface area (Å²) in [6.07, 6.45) is 0.752. The van der Waals surface area contributed by atoms with Crippen molar-refractivity contribution in [1.82, 2.24) is 0 Å². The van der Waals surface area contributed by atoms with Crippen LogP contribution in [-0.2, 0) is 6.42 Å². The maximum absolute atomic E-state index is 5.27. The fourth-order valence-corrected chi connectivity index (χ4v) is 1.29. The van der Waals surface area contributed by atoms with Crippen LogP contribution >= 0.6 is 0 Å². The van der Waals surface area contributed by atoms with Crippen molar-refractivity contribution in [2.75, 3.05) is 13.7 Å². The fourth-order valence-electron chi connectivity index (χ4n) is 1.29. The van der Waals surface area contributed by atoms with Crippen LogP contribution < -0.4 is 10.5 Å². The molecule has 0 radical (unpaired) electrons. The number of nitrogens with two attached hydrogens (primary N) is 1. The van der Waals surface area contributed by atoms with E-state index in [-0.39, 0.29) is 0 Å². The Morgan fingerprint density at radius 2 is 2.14 bits per heavy atom. The van der Waals surface area contributed by atoms with Gasteiger partial charge in [-0.2, -0.15) is 0 Å². The molecular weight excluding hydrogens is 174 g/mol. The van der Waals surface area contributed by atoms with Crippen molar-refractivity contribution >= 4 is 0 Å². The van der Waals surface area contributed by atoms with Crippen molar-refractivity contribution in [3.05, 3.63) is 29.3 Å². The molecule has 0 saturated heterocycles. The van der Waals surface area contributed by atoms with Gasteiger partial charge in [0.15, 0.2) is 0 Å². The molecule has 1 aromatic rings. The van der Waals surface area contributed by atoms with E-state index in [1.807, 2.05) is 19.1 Å². The molecule has 0 unspecified atom stereocenters. The summed E-state index contributed by atoms with van der Waals surface area (Å²) in [5, 5.41) is 0. The Bertz CT molecular complexity index is 360. The molecule has 14 heavy (non-hydrogen) atoms. The molecule has 74 valence electrons. The number of methoxy groups -OCH3 is 1. The molecule has 0 atom stereocenters. The van der Waals surface area contributed by atoms with Crippen molar-refractivity contribution in [3.8, 4) is 17.6 Å². The highest BCUT2D eigenvalue weighted by Crippen LogP contribution is 2.18. The second-order valence-corrected chi connectivity index (χ2v) is 3.04. The molecule has 0 bridgehead atoms. The zero-order valence-corrected chi connectivity index (χ0v) is 8.63. The van der Waals surface area contributed by atoms with Gasteiger partial charge in [-0.25, -0.2) is 0 Å². The smallest absolute Gasteiger partial charge is 0.121 e. The van der Waals surface area contributed by atoms with Crippen molar-refractivity contribution in [2.45, 2.75) is 13.3 Å². The summed E-state index contributed by atoms with van der Waals surface area (Å²) in [4.78, 5) is 0. The summed E-state index contributed by atoms with van der Waals surface area (Å²) in [7, 11) is 1.68. The molecule has 1 rings (SSSR count). The van der Waals surface area contributed by atoms with Gasteiger partial charge in [-0.1, -0.05) is 24.0 Å². The molecule has 0 amide bonds. The van der Waals surface area contributed by atoms with Gasteiger partial charge in [0.05, 0.1) is 13.7 Å². The Morgan fingerprint density at radius 1 is 1.36 bits per heavy atom. The topological polar surface area (TPSA) is 35.2 Å². The number of hydrogen-bond acceptors (Lipinski definition) is 2. The Balaban J connectivity index is 2.76. The van der Waals surface area contributed by atoms with Crippen LogP contribution in [0.2, 0.25) is 0 Å². The second-order valence-electron chi connectivity index (χ2n) is 3.04. The lowest BCUT2D eigenvalue weighted by atomic mass is 10.1. The zero-order valence-electron chi connectivity index (χ0n) is 8.63. The summed E-state index contributed by atoms with van der Waals surface area (Å²) >= 11 is 0. The van der Waals surface area contributed by atoms with Crippen LogP contribution in [0.15, 0.2) is 18.2 Å². The average molecular weight is 189 g/mol. The lowest BCUT2D eigenvalue weighted by Gasteiger charge is -2.05. The molecule has 0 saturated carbocycles. The summed E-state index contributed by atoms with van der Waals surface area (Å²) < 4.78 is 5.17. The third-order valence-electron chi connectivity index (χ3n) is 1.98. The quantitative estimate of drug-likeness (QED) is 0.716. The van der Waals surface area contributed by atoms with Gasteiger partial charge >= 0.3 is 0 Å². The molecule has 0 spiro atoms. The number of hydrogen-bond donors (Lipinski definition) is 1. The number of rotatable bonds is 2. The number of ether oxygens (including phenoxy) is 1. The molecule has 2 nitrogen and oxygen atoms in total. The van der Waals surface area contributed by atoms with E-state index >= 15 is 0 Å². The highest BCUT2D eigenvalue weighted by Gasteiger charge is 1.97. The van der Waals surface area contributed by atoms with Crippen LogP contribution in [-0.4, -0.2) is 13.7 Å². The Hall–Kier alpha value is -1.46. The van der Waals surface area contributed by atoms with E-state index in [4.69, 9.17) is 10.5 Å². The Morgan fingerprint density at radius 3 is 2.71 bits per heavy atom. The normalized spacial score (nSPS) is 9.07. The maximum Gasteiger partial charge on any atom is 0.121 e. The molecule has 0 fully saturated rings. The van der Waals surface area contributed by atoms with Gasteiger partial charge in [0.1, 0.15) is 5.75 Å². The van der Waals surface area contributed by atoms with Gasteiger partial charge in [0.2, 0.25) is 0 Å². The van der Waals surface area contributed by atoms with Gasteiger partial charge in [-0.05, 0) is 24.1 Å². The van der Waals surface area contributed by atoms with Crippen molar-refractivity contribution < 1.29 is 4.74 Å². The first-order valence-electron chi connectivity index (χ1n) is 4.57. The van der Waals surface area contributed by atoms with Crippen LogP contribution in [0.3, 0.4) is 0 Å². The van der Waals surface area contributed by atoms with Crippen LogP contribution in [0, 0.1) is 18.8 Å². The van der Waals surface area contributed by atoms with Gasteiger partial charge in [-0.3, -0.25) is 0 Å². The predicted octanol–water partition coefficient (Wildman–Crippen LogP) is 1.51. The van der Waals surface area contributed by atoms with E-state index in [1.165, 1.54) is 5.56 Å². The molecule has 0 aliphatic carbocycles. The van der Waals surface area contributed by atoms with Crippen LogP contribution in [0.25, 0.3) is 0 Å². The Kier molecular flexibility index (Phi) is 4.03. The first-order valence-corrected chi connectivity index (χ1v) is 4.57. The first-order chi connectivity index (χ1) is 6.77. The Labute approximate surface area is 85.1 Å². The number of aryl methyl sites for hydroxylation is 1. The highest BCUT2D eigenvalue weighted by molar-refractivity contribution is 5.37. The SMILES string of the molecule is COc1ccc(CC#CCN)cc1C. The minimum absolute atomic E-state index is 0.426. The molecule has 1 aromatic carbocycles. The first kappa shape index (κ1) is 10.6. The van der Waals surface area contributed by atoms with E-state index in [2.05, 4.69) is 17.9 Å². The van der Waals surface area contributed by atoms with E-state index < -0.39 is 0 Å². The van der Waals surface area contributed by atoms with Gasteiger partial charge in [-0.15, -0.1) is 0 Å². The van der Waals surface area contributed by atoms with Gasteiger partial charge in [0, 0.05) is 6.42 Å². The standard InChI is InChI=1S/C12H15NO/c1-10-9-11(5-3-4-8-13)6-7-12(10)14-2/h6-7,9H,5,8,13H2,1-2H3. The number of benzene rings is 1. The molecule has 0 aliphatic rings. The van der Waals surface area contributed by atoms with Crippen molar-refractivity contribution in [1.29, 1.82) is 0 Å². The van der Waals surface area contributed by atoms with E-state index in [9.17, 15) is 0 Å². The van der Waals surface area contributed by atoms with Crippen LogP contribution in [0.1, 0.15) is 11.1 Å². The van der Waals surface area contributed by atoms with E-state index in [0.29, 0.717) is 6.54 Å². The third kappa shape index (κ3) is 2.79. The van der Waals surface area contributed by atoms with Gasteiger partial charge < -0.3 is 10.5 Å². The lowest BCUT2D eigenvalue weighted by molar-refractivity contribution is 0.411. The van der Waals surface area contributed by atoms with Crippen LogP contribution in [0.5, 0.6) is 5.75 Å². The monoisotopic (exact) mass is 189 g/mol. The average Bonchev–Trinajstić information content (AvgIpc) is 2.18. The summed E-state index contributed by atoms with van der Waals surface area (Å²) in [6.45, 7) is 2.45. The minimum atomic E-state index is 0.426. The summed E-state index contributed by atoms with van der Waals surface area (Å²) in [5.74, 6) is 6.76. The highest BCUT2D eigenvalue weighted by atomic mass is 16.5. The largest absolute Gasteiger partial charge is 0.496 e. The fraction of sp³-hybridized carbons (Fsp3) is 0.333. The molecular formula is C12H15NO. The van der Waals surface area contributed by atoms with Gasteiger partial charge in [0.25, 0.3) is 0 Å². The molecule has 0 aliphatic heterocycles. The predicted molar refractivity (Wildman–Crippen MR) is 58.3 cm³/mol. The molecule has 2 heteroatoms. The maximum atomic E-state index is 5.27. The van der Waals surface area contributed by atoms with Crippen LogP contribution in [0.4, 0.5) is 0 Å².